The van der Waals surface area contributed by atoms with E-state index < -0.39 is 0 Å². The fraction of sp³-hybridized carbons (Fsp3) is 0.286. The van der Waals surface area contributed by atoms with Gasteiger partial charge in [0.25, 0.3) is 0 Å². The molecule has 2 N–H and O–H groups in total. The standard InChI is InChI=1S/C14H16N4OS/c1-9(2)7-15-13-17-18-8-12(16-14(18)20-13)10-3-5-11(19)6-4-10/h3-6,8-9,19H,7H2,1-2H3,(H,15,17). The topological polar surface area (TPSA) is 62.5 Å². The average Bonchev–Trinajstić information content (AvgIpc) is 2.95. The Morgan fingerprint density at radius 3 is 2.70 bits per heavy atom. The van der Waals surface area contributed by atoms with Crippen LogP contribution in [0.5, 0.6) is 5.75 Å². The van der Waals surface area contributed by atoms with Crippen molar-refractivity contribution in [2.24, 2.45) is 5.92 Å². The lowest BCUT2D eigenvalue weighted by atomic mass is 10.2. The predicted molar refractivity (Wildman–Crippen MR) is 81.3 cm³/mol. The van der Waals surface area contributed by atoms with Crippen LogP contribution in [0.25, 0.3) is 16.2 Å². The Labute approximate surface area is 120 Å². The summed E-state index contributed by atoms with van der Waals surface area (Å²) >= 11 is 1.54. The molecule has 0 radical (unpaired) electrons. The summed E-state index contributed by atoms with van der Waals surface area (Å²) in [6.07, 6.45) is 1.90. The molecule has 0 amide bonds. The third-order valence-corrected chi connectivity index (χ3v) is 3.75. The number of aromatic hydroxyl groups is 1. The van der Waals surface area contributed by atoms with Crippen LogP contribution in [0.4, 0.5) is 5.13 Å². The number of fused-ring (bicyclic) bond motifs is 1. The lowest BCUT2D eigenvalue weighted by Gasteiger charge is -2.03. The van der Waals surface area contributed by atoms with Gasteiger partial charge in [-0.05, 0) is 30.2 Å². The minimum absolute atomic E-state index is 0.257. The van der Waals surface area contributed by atoms with Gasteiger partial charge in [0.1, 0.15) is 5.75 Å². The van der Waals surface area contributed by atoms with Crippen LogP contribution in [0, 0.1) is 5.92 Å². The first-order valence-electron chi connectivity index (χ1n) is 6.51. The van der Waals surface area contributed by atoms with Crippen molar-refractivity contribution in [1.29, 1.82) is 0 Å². The third-order valence-electron chi connectivity index (χ3n) is 2.87. The van der Waals surface area contributed by atoms with Crippen molar-refractivity contribution in [2.75, 3.05) is 11.9 Å². The maximum atomic E-state index is 9.30. The minimum Gasteiger partial charge on any atom is -0.508 e. The highest BCUT2D eigenvalue weighted by Gasteiger charge is 2.09. The molecule has 0 aliphatic heterocycles. The maximum absolute atomic E-state index is 9.30. The number of phenols is 1. The second kappa shape index (κ2) is 5.13. The van der Waals surface area contributed by atoms with E-state index in [2.05, 4.69) is 29.2 Å². The summed E-state index contributed by atoms with van der Waals surface area (Å²) in [5.74, 6) is 0.840. The molecule has 3 aromatic rings. The summed E-state index contributed by atoms with van der Waals surface area (Å²) in [7, 11) is 0. The van der Waals surface area contributed by atoms with E-state index in [1.807, 2.05) is 18.3 Å². The zero-order chi connectivity index (χ0) is 14.1. The molecular formula is C14H16N4OS. The van der Waals surface area contributed by atoms with Crippen molar-refractivity contribution in [3.05, 3.63) is 30.5 Å². The Bertz CT molecular complexity index is 683. The van der Waals surface area contributed by atoms with Gasteiger partial charge in [0.05, 0.1) is 11.9 Å². The van der Waals surface area contributed by atoms with Gasteiger partial charge in [0.15, 0.2) is 0 Å². The van der Waals surface area contributed by atoms with Gasteiger partial charge in [-0.2, -0.15) is 0 Å². The highest BCUT2D eigenvalue weighted by molar-refractivity contribution is 7.20. The minimum atomic E-state index is 0.257. The third kappa shape index (κ3) is 2.60. The van der Waals surface area contributed by atoms with Crippen LogP contribution in [0.2, 0.25) is 0 Å². The van der Waals surface area contributed by atoms with E-state index in [1.54, 1.807) is 16.6 Å². The Morgan fingerprint density at radius 2 is 2.05 bits per heavy atom. The van der Waals surface area contributed by atoms with Crippen LogP contribution in [-0.4, -0.2) is 26.2 Å². The summed E-state index contributed by atoms with van der Waals surface area (Å²) in [5.41, 5.74) is 1.83. The number of imidazole rings is 1. The second-order valence-corrected chi connectivity index (χ2v) is 6.04. The fourth-order valence-electron chi connectivity index (χ4n) is 1.83. The molecule has 2 aromatic heterocycles. The fourth-order valence-corrected chi connectivity index (χ4v) is 2.62. The van der Waals surface area contributed by atoms with Gasteiger partial charge in [0.2, 0.25) is 10.1 Å². The molecular weight excluding hydrogens is 272 g/mol. The number of anilines is 1. The van der Waals surface area contributed by atoms with E-state index in [-0.39, 0.29) is 5.75 Å². The number of hydrogen-bond acceptors (Lipinski definition) is 5. The second-order valence-electron chi connectivity index (χ2n) is 5.08. The zero-order valence-corrected chi connectivity index (χ0v) is 12.2. The highest BCUT2D eigenvalue weighted by Crippen LogP contribution is 2.25. The van der Waals surface area contributed by atoms with Crippen molar-refractivity contribution in [3.8, 4) is 17.0 Å². The monoisotopic (exact) mass is 288 g/mol. The van der Waals surface area contributed by atoms with E-state index in [0.29, 0.717) is 5.92 Å². The normalized spacial score (nSPS) is 11.3. The van der Waals surface area contributed by atoms with Gasteiger partial charge in [-0.15, -0.1) is 5.10 Å². The van der Waals surface area contributed by atoms with Crippen LogP contribution in [0.3, 0.4) is 0 Å². The van der Waals surface area contributed by atoms with Crippen molar-refractivity contribution >= 4 is 21.4 Å². The van der Waals surface area contributed by atoms with Gasteiger partial charge in [-0.3, -0.25) is 0 Å². The first kappa shape index (κ1) is 12.9. The largest absolute Gasteiger partial charge is 0.508 e. The van der Waals surface area contributed by atoms with Crippen molar-refractivity contribution < 1.29 is 5.11 Å². The first-order valence-corrected chi connectivity index (χ1v) is 7.33. The Kier molecular flexibility index (Phi) is 3.31. The van der Waals surface area contributed by atoms with Crippen LogP contribution in [-0.2, 0) is 0 Å². The molecule has 5 nitrogen and oxygen atoms in total. The number of nitrogens with one attached hydrogen (secondary N) is 1. The molecule has 0 spiro atoms. The average molecular weight is 288 g/mol. The molecule has 2 heterocycles. The number of benzene rings is 1. The number of nitrogens with zero attached hydrogens (tertiary/aromatic N) is 3. The summed E-state index contributed by atoms with van der Waals surface area (Å²) < 4.78 is 1.79. The molecule has 1 aromatic carbocycles. The Hall–Kier alpha value is -2.08. The predicted octanol–water partition coefficient (Wildman–Crippen LogP) is 3.23. The van der Waals surface area contributed by atoms with E-state index >= 15 is 0 Å². The molecule has 0 saturated heterocycles. The van der Waals surface area contributed by atoms with Gasteiger partial charge in [-0.25, -0.2) is 9.50 Å². The summed E-state index contributed by atoms with van der Waals surface area (Å²) in [6, 6.07) is 7.01. The van der Waals surface area contributed by atoms with Gasteiger partial charge >= 0.3 is 0 Å². The summed E-state index contributed by atoms with van der Waals surface area (Å²) in [4.78, 5) is 5.42. The molecule has 0 aliphatic rings. The maximum Gasteiger partial charge on any atom is 0.214 e. The number of aromatic nitrogens is 3. The molecule has 0 fully saturated rings. The molecule has 20 heavy (non-hydrogen) atoms. The van der Waals surface area contributed by atoms with Crippen molar-refractivity contribution in [2.45, 2.75) is 13.8 Å². The molecule has 0 atom stereocenters. The van der Waals surface area contributed by atoms with E-state index in [4.69, 9.17) is 0 Å². The van der Waals surface area contributed by atoms with Gasteiger partial charge in [-0.1, -0.05) is 25.2 Å². The van der Waals surface area contributed by atoms with Crippen molar-refractivity contribution in [3.63, 3.8) is 0 Å². The van der Waals surface area contributed by atoms with Gasteiger partial charge in [0, 0.05) is 12.1 Å². The Balaban J connectivity index is 1.85. The van der Waals surface area contributed by atoms with Crippen LogP contribution in [0.1, 0.15) is 13.8 Å². The highest BCUT2D eigenvalue weighted by atomic mass is 32.1. The lowest BCUT2D eigenvalue weighted by Crippen LogP contribution is -2.07. The van der Waals surface area contributed by atoms with Crippen LogP contribution in [0.15, 0.2) is 30.5 Å². The number of hydrogen-bond donors (Lipinski definition) is 2. The van der Waals surface area contributed by atoms with Crippen molar-refractivity contribution in [1.82, 2.24) is 14.6 Å². The number of phenolic OH excluding ortho intramolecular Hbond substituents is 1. The lowest BCUT2D eigenvalue weighted by molar-refractivity contribution is 0.475. The SMILES string of the molecule is CC(C)CNc1nn2cc(-c3ccc(O)cc3)nc2s1. The molecule has 0 bridgehead atoms. The summed E-state index contributed by atoms with van der Waals surface area (Å²) in [6.45, 7) is 5.23. The molecule has 104 valence electrons. The molecule has 6 heteroatoms. The number of rotatable bonds is 4. The molecule has 3 rings (SSSR count). The van der Waals surface area contributed by atoms with Crippen LogP contribution >= 0.6 is 11.3 Å². The quantitative estimate of drug-likeness (QED) is 0.773. The molecule has 0 saturated carbocycles. The van der Waals surface area contributed by atoms with E-state index in [9.17, 15) is 5.11 Å². The zero-order valence-electron chi connectivity index (χ0n) is 11.4. The van der Waals surface area contributed by atoms with Gasteiger partial charge < -0.3 is 10.4 Å². The Morgan fingerprint density at radius 1 is 1.30 bits per heavy atom. The molecule has 0 aliphatic carbocycles. The smallest absolute Gasteiger partial charge is 0.214 e. The van der Waals surface area contributed by atoms with Crippen LogP contribution < -0.4 is 5.32 Å². The van der Waals surface area contributed by atoms with E-state index in [1.165, 1.54) is 11.3 Å². The first-order chi connectivity index (χ1) is 9.61. The molecule has 0 unspecified atom stereocenters. The summed E-state index contributed by atoms with van der Waals surface area (Å²) in [5, 5.41) is 17.9. The van der Waals surface area contributed by atoms with E-state index in [0.717, 1.165) is 27.9 Å².